The summed E-state index contributed by atoms with van der Waals surface area (Å²) in [6.07, 6.45) is 4.95. The molecule has 8 heteroatoms. The molecule has 1 aliphatic heterocycles. The number of β-amino-alcohol motifs (C(OH)–C–C–N with tert-alkyl or cyclic N) is 1. The molecule has 2 fully saturated rings. The van der Waals surface area contributed by atoms with Crippen LogP contribution in [-0.2, 0) is 16.0 Å². The summed E-state index contributed by atoms with van der Waals surface area (Å²) in [5.74, 6) is 0.159. The van der Waals surface area contributed by atoms with Crippen molar-refractivity contribution in [3.8, 4) is 0 Å². The monoisotopic (exact) mass is 654 g/mol. The van der Waals surface area contributed by atoms with E-state index in [1.165, 1.54) is 12.8 Å². The Balaban J connectivity index is 1.34. The molecule has 8 nitrogen and oxygen atoms in total. The van der Waals surface area contributed by atoms with Crippen molar-refractivity contribution >= 4 is 28.5 Å². The van der Waals surface area contributed by atoms with Gasteiger partial charge < -0.3 is 21.1 Å². The van der Waals surface area contributed by atoms with Crippen molar-refractivity contribution in [1.29, 1.82) is 0 Å². The predicted molar refractivity (Wildman–Crippen MR) is 191 cm³/mol. The third-order valence-corrected chi connectivity index (χ3v) is 10.1. The number of carbonyl (C=O) groups excluding carboxylic acids is 3. The van der Waals surface area contributed by atoms with Gasteiger partial charge in [-0.2, -0.15) is 0 Å². The van der Waals surface area contributed by atoms with E-state index >= 15 is 0 Å². The molecule has 4 N–H and O–H groups in total. The first-order chi connectivity index (χ1) is 22.9. The summed E-state index contributed by atoms with van der Waals surface area (Å²) in [6.45, 7) is 10.8. The Labute approximate surface area is 286 Å². The van der Waals surface area contributed by atoms with Crippen LogP contribution in [0.25, 0.3) is 10.8 Å². The number of aliphatic hydroxyl groups is 1. The fraction of sp³-hybridized carbons (Fsp3) is 0.525. The first-order valence-corrected chi connectivity index (χ1v) is 17.8. The maximum atomic E-state index is 14.0. The zero-order valence-corrected chi connectivity index (χ0v) is 29.2. The maximum absolute atomic E-state index is 14.0. The van der Waals surface area contributed by atoms with Crippen molar-refractivity contribution in [1.82, 2.24) is 20.9 Å². The Morgan fingerprint density at radius 3 is 2.23 bits per heavy atom. The molecule has 0 spiro atoms. The molecule has 2 aliphatic rings. The summed E-state index contributed by atoms with van der Waals surface area (Å²) in [5, 5.41) is 23.2. The summed E-state index contributed by atoms with van der Waals surface area (Å²) in [7, 11) is 0. The second-order valence-electron chi connectivity index (χ2n) is 15.4. The van der Waals surface area contributed by atoms with Crippen LogP contribution in [0, 0.1) is 17.8 Å². The lowest BCUT2D eigenvalue weighted by Crippen LogP contribution is -2.61. The minimum atomic E-state index is -0.941. The number of hydrogen-bond donors (Lipinski definition) is 4. The van der Waals surface area contributed by atoms with Crippen LogP contribution < -0.4 is 16.0 Å². The van der Waals surface area contributed by atoms with Crippen molar-refractivity contribution in [2.24, 2.45) is 17.8 Å². The summed E-state index contributed by atoms with van der Waals surface area (Å²) in [5.41, 5.74) is 1.10. The number of benzene rings is 3. The number of nitrogens with one attached hydrogen (secondary N) is 3. The molecule has 0 aromatic heterocycles. The van der Waals surface area contributed by atoms with Crippen LogP contribution in [0.15, 0.2) is 72.8 Å². The summed E-state index contributed by atoms with van der Waals surface area (Å²) >= 11 is 0. The molecular formula is C40H54N4O4. The number of amides is 3. The maximum Gasteiger partial charge on any atom is 0.251 e. The molecule has 1 saturated carbocycles. The Hall–Kier alpha value is -3.75. The van der Waals surface area contributed by atoms with E-state index in [1.54, 1.807) is 6.07 Å². The first kappa shape index (κ1) is 35.6. The van der Waals surface area contributed by atoms with E-state index in [-0.39, 0.29) is 41.8 Å². The largest absolute Gasteiger partial charge is 0.390 e. The highest BCUT2D eigenvalue weighted by molar-refractivity contribution is 6.00. The molecule has 5 rings (SSSR count). The van der Waals surface area contributed by atoms with Gasteiger partial charge in [0.15, 0.2) is 0 Å². The summed E-state index contributed by atoms with van der Waals surface area (Å²) in [4.78, 5) is 43.2. The third kappa shape index (κ3) is 9.23. The van der Waals surface area contributed by atoms with E-state index in [0.717, 1.165) is 42.1 Å². The minimum Gasteiger partial charge on any atom is -0.390 e. The molecule has 0 radical (unpaired) electrons. The molecule has 1 heterocycles. The second kappa shape index (κ2) is 15.6. The van der Waals surface area contributed by atoms with Crippen molar-refractivity contribution in [3.63, 3.8) is 0 Å². The topological polar surface area (TPSA) is 111 Å². The Kier molecular flexibility index (Phi) is 11.6. The molecule has 48 heavy (non-hydrogen) atoms. The highest BCUT2D eigenvalue weighted by atomic mass is 16.3. The smallest absolute Gasteiger partial charge is 0.251 e. The van der Waals surface area contributed by atoms with Crippen LogP contribution in [0.4, 0.5) is 0 Å². The highest BCUT2D eigenvalue weighted by Crippen LogP contribution is 2.39. The van der Waals surface area contributed by atoms with Gasteiger partial charge in [0.05, 0.1) is 18.2 Å². The van der Waals surface area contributed by atoms with Gasteiger partial charge in [0.25, 0.3) is 5.91 Å². The molecule has 0 unspecified atom stereocenters. The highest BCUT2D eigenvalue weighted by Gasteiger charge is 2.42. The van der Waals surface area contributed by atoms with Crippen LogP contribution in [0.3, 0.4) is 0 Å². The van der Waals surface area contributed by atoms with Crippen LogP contribution in [0.1, 0.15) is 82.6 Å². The lowest BCUT2D eigenvalue weighted by Gasteiger charge is -2.47. The number of nitrogens with zero attached hydrogens (tertiary/aromatic N) is 1. The van der Waals surface area contributed by atoms with Crippen LogP contribution in [-0.4, -0.2) is 70.6 Å². The van der Waals surface area contributed by atoms with E-state index in [4.69, 9.17) is 0 Å². The zero-order valence-electron chi connectivity index (χ0n) is 29.2. The van der Waals surface area contributed by atoms with E-state index < -0.39 is 18.2 Å². The Bertz CT molecular complexity index is 1550. The SMILES string of the molecule is CC(C)[C@H](NC(=O)c1ccc2ccccc2c1)C(=O)N[C@@H](Cc1ccccc1)[C@H](O)CN1C[C@H]2CCCC[C@H]2C[C@H]1C(=O)NC(C)(C)C. The molecule has 6 atom stereocenters. The van der Waals surface area contributed by atoms with Crippen molar-refractivity contribution < 1.29 is 19.5 Å². The lowest BCUT2D eigenvalue weighted by atomic mass is 9.72. The summed E-state index contributed by atoms with van der Waals surface area (Å²) < 4.78 is 0. The molecular weight excluding hydrogens is 600 g/mol. The average molecular weight is 655 g/mol. The number of piperidine rings is 1. The van der Waals surface area contributed by atoms with E-state index in [0.29, 0.717) is 23.8 Å². The van der Waals surface area contributed by atoms with Gasteiger partial charge in [-0.3, -0.25) is 19.3 Å². The van der Waals surface area contributed by atoms with Gasteiger partial charge in [0.1, 0.15) is 6.04 Å². The molecule has 0 bridgehead atoms. The Morgan fingerprint density at radius 2 is 1.54 bits per heavy atom. The van der Waals surface area contributed by atoms with E-state index in [9.17, 15) is 19.5 Å². The molecule has 3 aromatic rings. The molecule has 3 amide bonds. The van der Waals surface area contributed by atoms with Gasteiger partial charge >= 0.3 is 0 Å². The zero-order chi connectivity index (χ0) is 34.4. The molecule has 1 aliphatic carbocycles. The van der Waals surface area contributed by atoms with Gasteiger partial charge in [-0.05, 0) is 86.3 Å². The average Bonchev–Trinajstić information content (AvgIpc) is 3.05. The fourth-order valence-corrected chi connectivity index (χ4v) is 7.51. The quantitative estimate of drug-likeness (QED) is 0.219. The summed E-state index contributed by atoms with van der Waals surface area (Å²) in [6, 6.07) is 21.4. The van der Waals surface area contributed by atoms with Crippen LogP contribution in [0.5, 0.6) is 0 Å². The standard InChI is InChI=1S/C40H54N4O4/c1-26(2)36(42-37(46)31-20-19-28-15-9-10-16-29(28)22-31)39(48)41-33(21-27-13-7-6-8-14-27)35(45)25-44-24-32-18-12-11-17-30(32)23-34(44)38(47)43-40(3,4)5/h6-10,13-16,19-20,22,26,30,32-36,45H,11-12,17-18,21,23-25H2,1-5H3,(H,41,48)(H,42,46)(H,43,47)/t30-,32+,33-,34-,35+,36-/m0/s1. The van der Waals surface area contributed by atoms with Crippen molar-refractivity contribution in [2.45, 2.75) is 103 Å². The predicted octanol–water partition coefficient (Wildman–Crippen LogP) is 5.48. The third-order valence-electron chi connectivity index (χ3n) is 10.1. The van der Waals surface area contributed by atoms with Crippen molar-refractivity contribution in [2.75, 3.05) is 13.1 Å². The molecule has 1 saturated heterocycles. The fourth-order valence-electron chi connectivity index (χ4n) is 7.51. The second-order valence-corrected chi connectivity index (χ2v) is 15.4. The number of fused-ring (bicyclic) bond motifs is 2. The first-order valence-electron chi connectivity index (χ1n) is 17.8. The normalized spacial score (nSPS) is 21.9. The number of aliphatic hydroxyl groups excluding tert-OH is 1. The molecule has 258 valence electrons. The van der Waals surface area contributed by atoms with Gasteiger partial charge in [0, 0.05) is 24.2 Å². The minimum absolute atomic E-state index is 0.00126. The number of carbonyl (C=O) groups is 3. The van der Waals surface area contributed by atoms with Crippen molar-refractivity contribution in [3.05, 3.63) is 83.9 Å². The number of rotatable bonds is 11. The van der Waals surface area contributed by atoms with Gasteiger partial charge in [0.2, 0.25) is 11.8 Å². The van der Waals surface area contributed by atoms with Crippen LogP contribution >= 0.6 is 0 Å². The van der Waals surface area contributed by atoms with Crippen LogP contribution in [0.2, 0.25) is 0 Å². The Morgan fingerprint density at radius 1 is 0.875 bits per heavy atom. The van der Waals surface area contributed by atoms with E-state index in [1.807, 2.05) is 101 Å². The van der Waals surface area contributed by atoms with Gasteiger partial charge in [-0.1, -0.05) is 93.8 Å². The van der Waals surface area contributed by atoms with Gasteiger partial charge in [-0.15, -0.1) is 0 Å². The molecule has 3 aromatic carbocycles. The number of likely N-dealkylation sites (tertiary alicyclic amines) is 1. The number of hydrogen-bond acceptors (Lipinski definition) is 5. The van der Waals surface area contributed by atoms with E-state index in [2.05, 4.69) is 20.9 Å². The van der Waals surface area contributed by atoms with Gasteiger partial charge in [-0.25, -0.2) is 0 Å². The lowest BCUT2D eigenvalue weighted by molar-refractivity contribution is -0.133.